The monoisotopic (exact) mass is 281 g/mol. The molecule has 0 saturated heterocycles. The summed E-state index contributed by atoms with van der Waals surface area (Å²) in [5, 5.41) is 3.57. The van der Waals surface area contributed by atoms with Crippen molar-refractivity contribution in [1.29, 1.82) is 0 Å². The van der Waals surface area contributed by atoms with E-state index in [0.717, 1.165) is 18.7 Å². The van der Waals surface area contributed by atoms with Gasteiger partial charge in [-0.05, 0) is 61.9 Å². The third-order valence-corrected chi connectivity index (χ3v) is 3.83. The Hall–Kier alpha value is -1.96. The van der Waals surface area contributed by atoms with Crippen molar-refractivity contribution in [2.45, 2.75) is 39.2 Å². The number of ether oxygens (including phenoxy) is 1. The van der Waals surface area contributed by atoms with Gasteiger partial charge in [-0.25, -0.2) is 0 Å². The summed E-state index contributed by atoms with van der Waals surface area (Å²) in [6.07, 6.45) is 3.58. The number of rotatable bonds is 4. The highest BCUT2D eigenvalue weighted by molar-refractivity contribution is 5.60. The van der Waals surface area contributed by atoms with Gasteiger partial charge < -0.3 is 10.1 Å². The van der Waals surface area contributed by atoms with Crippen LogP contribution in [0.15, 0.2) is 42.5 Å². The molecule has 0 atom stereocenters. The van der Waals surface area contributed by atoms with Crippen LogP contribution in [0.5, 0.6) is 5.75 Å². The largest absolute Gasteiger partial charge is 0.491 e. The summed E-state index contributed by atoms with van der Waals surface area (Å²) >= 11 is 0. The molecule has 2 aromatic rings. The first kappa shape index (κ1) is 14.0. The molecule has 1 aliphatic rings. The van der Waals surface area contributed by atoms with E-state index in [2.05, 4.69) is 55.6 Å². The predicted octanol–water partition coefficient (Wildman–Crippen LogP) is 4.42. The van der Waals surface area contributed by atoms with Crippen molar-refractivity contribution in [2.24, 2.45) is 0 Å². The van der Waals surface area contributed by atoms with Crippen LogP contribution >= 0.6 is 0 Å². The van der Waals surface area contributed by atoms with Gasteiger partial charge in [0.2, 0.25) is 0 Å². The Kier molecular flexibility index (Phi) is 4.14. The van der Waals surface area contributed by atoms with Crippen LogP contribution in [0.2, 0.25) is 0 Å². The van der Waals surface area contributed by atoms with Gasteiger partial charge in [-0.3, -0.25) is 0 Å². The molecule has 0 spiro atoms. The highest BCUT2D eigenvalue weighted by Crippen LogP contribution is 2.28. The van der Waals surface area contributed by atoms with E-state index in [9.17, 15) is 0 Å². The Morgan fingerprint density at radius 3 is 2.86 bits per heavy atom. The molecule has 21 heavy (non-hydrogen) atoms. The number of nitrogens with one attached hydrogen (secondary N) is 1. The molecular weight excluding hydrogens is 258 g/mol. The SMILES string of the molecule is CC(C)Oc1cccc(Cc2cccc3c2NCCC3)c1. The van der Waals surface area contributed by atoms with Gasteiger partial charge in [-0.2, -0.15) is 0 Å². The molecule has 2 heteroatoms. The minimum Gasteiger partial charge on any atom is -0.491 e. The second kappa shape index (κ2) is 6.21. The molecule has 1 N–H and O–H groups in total. The van der Waals surface area contributed by atoms with Crippen molar-refractivity contribution in [3.05, 3.63) is 59.2 Å². The van der Waals surface area contributed by atoms with Gasteiger partial charge in [-0.1, -0.05) is 30.3 Å². The van der Waals surface area contributed by atoms with E-state index < -0.39 is 0 Å². The van der Waals surface area contributed by atoms with E-state index in [1.165, 1.54) is 35.2 Å². The van der Waals surface area contributed by atoms with E-state index in [4.69, 9.17) is 4.74 Å². The molecule has 0 amide bonds. The average molecular weight is 281 g/mol. The van der Waals surface area contributed by atoms with E-state index in [1.54, 1.807) is 0 Å². The maximum Gasteiger partial charge on any atom is 0.119 e. The minimum absolute atomic E-state index is 0.214. The highest BCUT2D eigenvalue weighted by atomic mass is 16.5. The molecule has 0 aromatic heterocycles. The zero-order valence-electron chi connectivity index (χ0n) is 12.9. The molecular formula is C19H23NO. The summed E-state index contributed by atoms with van der Waals surface area (Å²) in [7, 11) is 0. The third kappa shape index (κ3) is 3.38. The van der Waals surface area contributed by atoms with Crippen molar-refractivity contribution in [2.75, 3.05) is 11.9 Å². The van der Waals surface area contributed by atoms with Gasteiger partial charge in [-0.15, -0.1) is 0 Å². The first-order valence-electron chi connectivity index (χ1n) is 7.82. The summed E-state index contributed by atoms with van der Waals surface area (Å²) < 4.78 is 5.79. The Bertz CT molecular complexity index is 619. The van der Waals surface area contributed by atoms with Crippen LogP contribution in [0.25, 0.3) is 0 Å². The van der Waals surface area contributed by atoms with Crippen molar-refractivity contribution in [3.8, 4) is 5.75 Å². The molecule has 0 unspecified atom stereocenters. The van der Waals surface area contributed by atoms with Crippen molar-refractivity contribution >= 4 is 5.69 Å². The van der Waals surface area contributed by atoms with Crippen molar-refractivity contribution < 1.29 is 4.74 Å². The second-order valence-electron chi connectivity index (χ2n) is 5.97. The summed E-state index contributed by atoms with van der Waals surface area (Å²) in [5.41, 5.74) is 5.48. The lowest BCUT2D eigenvalue weighted by Gasteiger charge is -2.21. The van der Waals surface area contributed by atoms with Gasteiger partial charge in [0, 0.05) is 12.2 Å². The molecule has 2 aromatic carbocycles. The number of anilines is 1. The fourth-order valence-electron chi connectivity index (χ4n) is 2.95. The molecule has 2 nitrogen and oxygen atoms in total. The molecule has 110 valence electrons. The molecule has 3 rings (SSSR count). The normalized spacial score (nSPS) is 13.7. The minimum atomic E-state index is 0.214. The maximum absolute atomic E-state index is 5.79. The standard InChI is InChI=1S/C19H23NO/c1-14(2)21-18-10-3-6-15(13-18)12-17-8-4-7-16-9-5-11-20-19(16)17/h3-4,6-8,10,13-14,20H,5,9,11-12H2,1-2H3. The zero-order valence-corrected chi connectivity index (χ0v) is 12.9. The van der Waals surface area contributed by atoms with Crippen molar-refractivity contribution in [1.82, 2.24) is 0 Å². The second-order valence-corrected chi connectivity index (χ2v) is 5.97. The Morgan fingerprint density at radius 1 is 1.14 bits per heavy atom. The topological polar surface area (TPSA) is 21.3 Å². The Labute approximate surface area is 127 Å². The zero-order chi connectivity index (χ0) is 14.7. The van der Waals surface area contributed by atoms with Crippen LogP contribution < -0.4 is 10.1 Å². The lowest BCUT2D eigenvalue weighted by Crippen LogP contribution is -2.13. The maximum atomic E-state index is 5.79. The van der Waals surface area contributed by atoms with Crippen LogP contribution in [0.1, 0.15) is 37.0 Å². The number of fused-ring (bicyclic) bond motifs is 1. The van der Waals surface area contributed by atoms with Gasteiger partial charge in [0.1, 0.15) is 5.75 Å². The molecule has 0 saturated carbocycles. The van der Waals surface area contributed by atoms with E-state index in [0.29, 0.717) is 0 Å². The summed E-state index contributed by atoms with van der Waals surface area (Å²) in [4.78, 5) is 0. The van der Waals surface area contributed by atoms with Crippen LogP contribution in [0, 0.1) is 0 Å². The smallest absolute Gasteiger partial charge is 0.119 e. The van der Waals surface area contributed by atoms with Gasteiger partial charge in [0.05, 0.1) is 6.10 Å². The molecule has 0 bridgehead atoms. The molecule has 0 fully saturated rings. The van der Waals surface area contributed by atoms with Crippen LogP contribution in [-0.4, -0.2) is 12.6 Å². The number of hydrogen-bond acceptors (Lipinski definition) is 2. The molecule has 0 aliphatic carbocycles. The summed E-state index contributed by atoms with van der Waals surface area (Å²) in [6.45, 7) is 5.20. The quantitative estimate of drug-likeness (QED) is 0.895. The van der Waals surface area contributed by atoms with Crippen LogP contribution in [-0.2, 0) is 12.8 Å². The summed E-state index contributed by atoms with van der Waals surface area (Å²) in [6, 6.07) is 15.1. The average Bonchev–Trinajstić information content (AvgIpc) is 2.47. The first-order chi connectivity index (χ1) is 10.2. The first-order valence-corrected chi connectivity index (χ1v) is 7.82. The van der Waals surface area contributed by atoms with E-state index in [-0.39, 0.29) is 6.10 Å². The van der Waals surface area contributed by atoms with Gasteiger partial charge in [0.25, 0.3) is 0 Å². The van der Waals surface area contributed by atoms with Gasteiger partial charge >= 0.3 is 0 Å². The predicted molar refractivity (Wildman–Crippen MR) is 88.3 cm³/mol. The Morgan fingerprint density at radius 2 is 2.00 bits per heavy atom. The third-order valence-electron chi connectivity index (χ3n) is 3.83. The fourth-order valence-corrected chi connectivity index (χ4v) is 2.95. The number of hydrogen-bond donors (Lipinski definition) is 1. The van der Waals surface area contributed by atoms with Crippen molar-refractivity contribution in [3.63, 3.8) is 0 Å². The van der Waals surface area contributed by atoms with Crippen LogP contribution in [0.3, 0.4) is 0 Å². The van der Waals surface area contributed by atoms with Crippen LogP contribution in [0.4, 0.5) is 5.69 Å². The summed E-state index contributed by atoms with van der Waals surface area (Å²) in [5.74, 6) is 0.959. The van der Waals surface area contributed by atoms with Gasteiger partial charge in [0.15, 0.2) is 0 Å². The molecule has 0 radical (unpaired) electrons. The van der Waals surface area contributed by atoms with E-state index in [1.807, 2.05) is 6.07 Å². The fraction of sp³-hybridized carbons (Fsp3) is 0.368. The number of aryl methyl sites for hydroxylation is 1. The lowest BCUT2D eigenvalue weighted by atomic mass is 9.95. The molecule has 1 heterocycles. The number of para-hydroxylation sites is 1. The lowest BCUT2D eigenvalue weighted by molar-refractivity contribution is 0.242. The Balaban J connectivity index is 1.84. The molecule has 1 aliphatic heterocycles. The van der Waals surface area contributed by atoms with E-state index >= 15 is 0 Å². The highest BCUT2D eigenvalue weighted by Gasteiger charge is 2.12. The number of benzene rings is 2.